The van der Waals surface area contributed by atoms with Gasteiger partial charge in [0, 0.05) is 19.2 Å². The highest BCUT2D eigenvalue weighted by molar-refractivity contribution is 5.85. The molecule has 0 amide bonds. The fraction of sp³-hybridized carbons (Fsp3) is 0.357. The lowest BCUT2D eigenvalue weighted by Gasteiger charge is -2.23. The van der Waals surface area contributed by atoms with Gasteiger partial charge in [-0.3, -0.25) is 0 Å². The van der Waals surface area contributed by atoms with Crippen LogP contribution in [0.2, 0.25) is 0 Å². The van der Waals surface area contributed by atoms with E-state index in [4.69, 9.17) is 9.84 Å². The number of ether oxygens (including phenoxy) is 1. The third kappa shape index (κ3) is 3.52. The van der Waals surface area contributed by atoms with E-state index in [0.717, 1.165) is 36.2 Å². The summed E-state index contributed by atoms with van der Waals surface area (Å²) in [7, 11) is 1.63. The minimum Gasteiger partial charge on any atom is -0.495 e. The fourth-order valence-corrected chi connectivity index (χ4v) is 1.79. The first-order valence-corrected chi connectivity index (χ1v) is 5.96. The molecule has 18 heavy (non-hydrogen) atoms. The molecule has 0 spiro atoms. The Labute approximate surface area is 107 Å². The quantitative estimate of drug-likeness (QED) is 0.787. The molecule has 0 atom stereocenters. The standard InChI is InChI=1S/C14H19NO3/c1-4-15(5-2)12-10-11(7-9-14(16)17)6-8-13(12)18-3/h6-10H,4-5H2,1-3H3,(H,16,17). The lowest BCUT2D eigenvalue weighted by molar-refractivity contribution is -0.131. The van der Waals surface area contributed by atoms with E-state index in [9.17, 15) is 4.79 Å². The van der Waals surface area contributed by atoms with Crippen LogP contribution in [0, 0.1) is 0 Å². The van der Waals surface area contributed by atoms with Crippen molar-refractivity contribution >= 4 is 17.7 Å². The van der Waals surface area contributed by atoms with Crippen LogP contribution in [0.3, 0.4) is 0 Å². The lowest BCUT2D eigenvalue weighted by atomic mass is 10.1. The number of anilines is 1. The van der Waals surface area contributed by atoms with Crippen molar-refractivity contribution in [1.29, 1.82) is 0 Å². The van der Waals surface area contributed by atoms with E-state index in [0.29, 0.717) is 0 Å². The molecule has 98 valence electrons. The summed E-state index contributed by atoms with van der Waals surface area (Å²) < 4.78 is 5.33. The summed E-state index contributed by atoms with van der Waals surface area (Å²) in [5, 5.41) is 8.62. The molecule has 4 nitrogen and oxygen atoms in total. The third-order valence-electron chi connectivity index (χ3n) is 2.73. The summed E-state index contributed by atoms with van der Waals surface area (Å²) in [6.07, 6.45) is 2.71. The second kappa shape index (κ2) is 6.69. The minimum atomic E-state index is -0.949. The van der Waals surface area contributed by atoms with Crippen LogP contribution in [0.25, 0.3) is 6.08 Å². The maximum atomic E-state index is 10.5. The van der Waals surface area contributed by atoms with Gasteiger partial charge < -0.3 is 14.7 Å². The minimum absolute atomic E-state index is 0.797. The number of aliphatic carboxylic acids is 1. The molecule has 0 aliphatic carbocycles. The zero-order valence-electron chi connectivity index (χ0n) is 11.0. The molecule has 1 N–H and O–H groups in total. The summed E-state index contributed by atoms with van der Waals surface area (Å²) in [4.78, 5) is 12.7. The van der Waals surface area contributed by atoms with Crippen molar-refractivity contribution in [2.45, 2.75) is 13.8 Å². The Morgan fingerprint density at radius 2 is 2.06 bits per heavy atom. The maximum absolute atomic E-state index is 10.5. The van der Waals surface area contributed by atoms with Crippen LogP contribution in [0.5, 0.6) is 5.75 Å². The smallest absolute Gasteiger partial charge is 0.328 e. The summed E-state index contributed by atoms with van der Waals surface area (Å²) in [6, 6.07) is 5.63. The van der Waals surface area contributed by atoms with Crippen LogP contribution >= 0.6 is 0 Å². The number of hydrogen-bond donors (Lipinski definition) is 1. The highest BCUT2D eigenvalue weighted by Gasteiger charge is 2.09. The zero-order chi connectivity index (χ0) is 13.5. The predicted octanol–water partition coefficient (Wildman–Crippen LogP) is 2.64. The van der Waals surface area contributed by atoms with Gasteiger partial charge >= 0.3 is 5.97 Å². The van der Waals surface area contributed by atoms with Crippen LogP contribution < -0.4 is 9.64 Å². The Hall–Kier alpha value is -1.97. The monoisotopic (exact) mass is 249 g/mol. The van der Waals surface area contributed by atoms with Gasteiger partial charge in [0.25, 0.3) is 0 Å². The number of nitrogens with zero attached hydrogens (tertiary/aromatic N) is 1. The molecule has 0 unspecified atom stereocenters. The molecule has 0 aliphatic heterocycles. The van der Waals surface area contributed by atoms with Crippen molar-refractivity contribution in [2.24, 2.45) is 0 Å². The first kappa shape index (κ1) is 14.1. The van der Waals surface area contributed by atoms with Crippen molar-refractivity contribution in [2.75, 3.05) is 25.1 Å². The maximum Gasteiger partial charge on any atom is 0.328 e. The first-order valence-electron chi connectivity index (χ1n) is 5.96. The molecular formula is C14H19NO3. The lowest BCUT2D eigenvalue weighted by Crippen LogP contribution is -2.22. The van der Waals surface area contributed by atoms with Crippen molar-refractivity contribution in [3.8, 4) is 5.75 Å². The summed E-state index contributed by atoms with van der Waals surface area (Å²) in [5.74, 6) is -0.151. The Bertz CT molecular complexity index is 437. The zero-order valence-corrected chi connectivity index (χ0v) is 11.0. The van der Waals surface area contributed by atoms with Gasteiger partial charge in [0.1, 0.15) is 5.75 Å². The van der Waals surface area contributed by atoms with Gasteiger partial charge in [0.2, 0.25) is 0 Å². The average molecular weight is 249 g/mol. The molecule has 0 aromatic heterocycles. The summed E-state index contributed by atoms with van der Waals surface area (Å²) in [5.41, 5.74) is 1.83. The van der Waals surface area contributed by atoms with Gasteiger partial charge in [0.05, 0.1) is 12.8 Å². The van der Waals surface area contributed by atoms with E-state index in [2.05, 4.69) is 18.7 Å². The average Bonchev–Trinajstić information content (AvgIpc) is 2.38. The SMILES string of the molecule is CCN(CC)c1cc(C=CC(=O)O)ccc1OC. The molecule has 0 heterocycles. The highest BCUT2D eigenvalue weighted by atomic mass is 16.5. The van der Waals surface area contributed by atoms with E-state index in [1.165, 1.54) is 0 Å². The molecule has 0 bridgehead atoms. The second-order valence-corrected chi connectivity index (χ2v) is 3.78. The molecule has 0 fully saturated rings. The summed E-state index contributed by atoms with van der Waals surface area (Å²) >= 11 is 0. The van der Waals surface area contributed by atoms with Gasteiger partial charge in [-0.25, -0.2) is 4.79 Å². The Balaban J connectivity index is 3.12. The molecular weight excluding hydrogens is 230 g/mol. The largest absolute Gasteiger partial charge is 0.495 e. The Kier molecular flexibility index (Phi) is 5.24. The van der Waals surface area contributed by atoms with Crippen LogP contribution in [-0.4, -0.2) is 31.3 Å². The van der Waals surface area contributed by atoms with Gasteiger partial charge in [-0.05, 0) is 37.6 Å². The number of methoxy groups -OCH3 is 1. The van der Waals surface area contributed by atoms with Crippen LogP contribution in [0.15, 0.2) is 24.3 Å². The van der Waals surface area contributed by atoms with Gasteiger partial charge in [-0.1, -0.05) is 6.07 Å². The van der Waals surface area contributed by atoms with E-state index < -0.39 is 5.97 Å². The highest BCUT2D eigenvalue weighted by Crippen LogP contribution is 2.29. The molecule has 0 saturated carbocycles. The van der Waals surface area contributed by atoms with Gasteiger partial charge in [-0.2, -0.15) is 0 Å². The van der Waals surface area contributed by atoms with Crippen molar-refractivity contribution in [3.05, 3.63) is 29.8 Å². The second-order valence-electron chi connectivity index (χ2n) is 3.78. The van der Waals surface area contributed by atoms with Crippen LogP contribution in [-0.2, 0) is 4.79 Å². The van der Waals surface area contributed by atoms with Crippen LogP contribution in [0.1, 0.15) is 19.4 Å². The number of carboxylic acids is 1. The van der Waals surface area contributed by atoms with Gasteiger partial charge in [0.15, 0.2) is 0 Å². The first-order chi connectivity index (χ1) is 8.62. The molecule has 0 aliphatic rings. The fourth-order valence-electron chi connectivity index (χ4n) is 1.79. The van der Waals surface area contributed by atoms with Gasteiger partial charge in [-0.15, -0.1) is 0 Å². The number of benzene rings is 1. The topological polar surface area (TPSA) is 49.8 Å². The van der Waals surface area contributed by atoms with E-state index in [-0.39, 0.29) is 0 Å². The molecule has 1 aromatic carbocycles. The number of hydrogen-bond acceptors (Lipinski definition) is 3. The number of rotatable bonds is 6. The Morgan fingerprint density at radius 3 is 2.56 bits per heavy atom. The van der Waals surface area contributed by atoms with E-state index in [1.807, 2.05) is 18.2 Å². The molecule has 0 radical (unpaired) electrons. The summed E-state index contributed by atoms with van der Waals surface area (Å²) in [6.45, 7) is 5.89. The number of carbonyl (C=O) groups is 1. The molecule has 1 aromatic rings. The molecule has 4 heteroatoms. The molecule has 1 rings (SSSR count). The third-order valence-corrected chi connectivity index (χ3v) is 2.73. The van der Waals surface area contributed by atoms with E-state index >= 15 is 0 Å². The number of carboxylic acid groups (broad SMARTS) is 1. The Morgan fingerprint density at radius 1 is 1.39 bits per heavy atom. The normalized spacial score (nSPS) is 10.6. The molecule has 0 saturated heterocycles. The van der Waals surface area contributed by atoms with Crippen LogP contribution in [0.4, 0.5) is 5.69 Å². The van der Waals surface area contributed by atoms with E-state index in [1.54, 1.807) is 13.2 Å². The van der Waals surface area contributed by atoms with Crippen molar-refractivity contribution in [1.82, 2.24) is 0 Å². The van der Waals surface area contributed by atoms with Crippen molar-refractivity contribution < 1.29 is 14.6 Å². The predicted molar refractivity (Wildman–Crippen MR) is 73.2 cm³/mol. The van der Waals surface area contributed by atoms with Crippen molar-refractivity contribution in [3.63, 3.8) is 0 Å².